The molecule has 1 amide bonds. The Hall–Kier alpha value is -2.33. The predicted octanol–water partition coefficient (Wildman–Crippen LogP) is 3.69. The molecule has 3 rings (SSSR count). The van der Waals surface area contributed by atoms with Crippen molar-refractivity contribution in [2.45, 2.75) is 26.5 Å². The summed E-state index contributed by atoms with van der Waals surface area (Å²) in [6, 6.07) is 14.8. The fourth-order valence-corrected chi connectivity index (χ4v) is 3.06. The van der Waals surface area contributed by atoms with Crippen LogP contribution in [0.1, 0.15) is 19.4 Å². The second-order valence-electron chi connectivity index (χ2n) is 6.64. The summed E-state index contributed by atoms with van der Waals surface area (Å²) in [4.78, 5) is 16.3. The van der Waals surface area contributed by atoms with Crippen LogP contribution in [-0.2, 0) is 16.1 Å². The molecule has 2 aromatic rings. The quantitative estimate of drug-likeness (QED) is 0.863. The molecule has 0 spiro atoms. The number of carbonyl (C=O) groups is 1. The molecule has 4 nitrogen and oxygen atoms in total. The summed E-state index contributed by atoms with van der Waals surface area (Å²) in [6.45, 7) is 4.68. The van der Waals surface area contributed by atoms with Crippen molar-refractivity contribution in [3.8, 4) is 11.1 Å². The van der Waals surface area contributed by atoms with Gasteiger partial charge in [-0.3, -0.25) is 4.79 Å². The van der Waals surface area contributed by atoms with Gasteiger partial charge in [0.15, 0.2) is 0 Å². The van der Waals surface area contributed by atoms with E-state index in [9.17, 15) is 4.79 Å². The van der Waals surface area contributed by atoms with E-state index >= 15 is 0 Å². The van der Waals surface area contributed by atoms with Crippen molar-refractivity contribution in [2.75, 3.05) is 30.5 Å². The van der Waals surface area contributed by atoms with E-state index in [2.05, 4.69) is 47.4 Å². The molecule has 0 unspecified atom stereocenters. The molecular formula is C20H24N2O2. The molecule has 0 atom stereocenters. The van der Waals surface area contributed by atoms with Gasteiger partial charge in [0, 0.05) is 31.4 Å². The van der Waals surface area contributed by atoms with E-state index in [1.54, 1.807) is 0 Å². The molecule has 0 aromatic heterocycles. The summed E-state index contributed by atoms with van der Waals surface area (Å²) in [5, 5.41) is 0. The Balaban J connectivity index is 2.03. The van der Waals surface area contributed by atoms with E-state index in [4.69, 9.17) is 4.74 Å². The minimum Gasteiger partial charge on any atom is -0.378 e. The molecule has 1 aliphatic rings. The average Bonchev–Trinajstić information content (AvgIpc) is 2.72. The fourth-order valence-electron chi connectivity index (χ4n) is 3.06. The van der Waals surface area contributed by atoms with Gasteiger partial charge in [0.1, 0.15) is 6.61 Å². The summed E-state index contributed by atoms with van der Waals surface area (Å²) < 4.78 is 5.50. The molecule has 0 saturated heterocycles. The maximum absolute atomic E-state index is 12.4. The molecule has 4 heteroatoms. The van der Waals surface area contributed by atoms with Gasteiger partial charge in [-0.1, -0.05) is 24.3 Å². The minimum absolute atomic E-state index is 0.0175. The van der Waals surface area contributed by atoms with Crippen molar-refractivity contribution in [3.05, 3.63) is 48.0 Å². The number of carbonyl (C=O) groups excluding carboxylic acids is 1. The molecule has 1 aliphatic heterocycles. The molecule has 1 heterocycles. The third-order valence-corrected chi connectivity index (χ3v) is 4.33. The molecule has 2 aromatic carbocycles. The first-order chi connectivity index (χ1) is 11.5. The highest BCUT2D eigenvalue weighted by Crippen LogP contribution is 2.32. The van der Waals surface area contributed by atoms with E-state index in [-0.39, 0.29) is 18.6 Å². The largest absolute Gasteiger partial charge is 0.378 e. The van der Waals surface area contributed by atoms with E-state index in [1.807, 2.05) is 32.8 Å². The normalized spacial score (nSPS) is 14.5. The summed E-state index contributed by atoms with van der Waals surface area (Å²) in [5.74, 6) is 0.0175. The van der Waals surface area contributed by atoms with Crippen LogP contribution in [0, 0.1) is 0 Å². The number of rotatable bonds is 3. The topological polar surface area (TPSA) is 32.8 Å². The molecule has 0 bridgehead atoms. The van der Waals surface area contributed by atoms with Crippen LogP contribution in [0.4, 0.5) is 11.4 Å². The van der Waals surface area contributed by atoms with Crippen LogP contribution in [0.2, 0.25) is 0 Å². The van der Waals surface area contributed by atoms with Crippen LogP contribution >= 0.6 is 0 Å². The highest BCUT2D eigenvalue weighted by molar-refractivity contribution is 5.96. The molecule has 0 saturated carbocycles. The van der Waals surface area contributed by atoms with E-state index in [1.165, 1.54) is 5.69 Å². The van der Waals surface area contributed by atoms with Gasteiger partial charge in [-0.05, 0) is 43.2 Å². The van der Waals surface area contributed by atoms with Crippen molar-refractivity contribution < 1.29 is 9.53 Å². The number of nitrogens with zero attached hydrogens (tertiary/aromatic N) is 2. The average molecular weight is 324 g/mol. The van der Waals surface area contributed by atoms with Gasteiger partial charge in [0.2, 0.25) is 0 Å². The maximum Gasteiger partial charge on any atom is 0.253 e. The zero-order chi connectivity index (χ0) is 17.3. The molecule has 0 aliphatic carbocycles. The Morgan fingerprint density at radius 1 is 1.00 bits per heavy atom. The van der Waals surface area contributed by atoms with Crippen molar-refractivity contribution in [2.24, 2.45) is 0 Å². The number of hydrogen-bond acceptors (Lipinski definition) is 3. The first-order valence-electron chi connectivity index (χ1n) is 8.28. The number of benzene rings is 2. The molecule has 126 valence electrons. The minimum atomic E-state index is 0.0175. The number of fused-ring (bicyclic) bond motifs is 1. The first-order valence-corrected chi connectivity index (χ1v) is 8.28. The van der Waals surface area contributed by atoms with Crippen LogP contribution in [0.15, 0.2) is 42.5 Å². The first kappa shape index (κ1) is 16.5. The van der Waals surface area contributed by atoms with Crippen molar-refractivity contribution >= 4 is 17.3 Å². The molecule has 0 radical (unpaired) electrons. The van der Waals surface area contributed by atoms with Gasteiger partial charge in [-0.15, -0.1) is 0 Å². The number of amides is 1. The zero-order valence-corrected chi connectivity index (χ0v) is 14.7. The summed E-state index contributed by atoms with van der Waals surface area (Å²) in [6.07, 6.45) is 0. The maximum atomic E-state index is 12.4. The van der Waals surface area contributed by atoms with Crippen LogP contribution in [0.5, 0.6) is 0 Å². The second kappa shape index (κ2) is 6.65. The van der Waals surface area contributed by atoms with Gasteiger partial charge in [0.05, 0.1) is 12.3 Å². The third kappa shape index (κ3) is 3.15. The van der Waals surface area contributed by atoms with Crippen LogP contribution < -0.4 is 9.80 Å². The number of anilines is 2. The van der Waals surface area contributed by atoms with Gasteiger partial charge in [-0.2, -0.15) is 0 Å². The van der Waals surface area contributed by atoms with E-state index in [0.717, 1.165) is 22.4 Å². The molecule has 0 N–H and O–H groups in total. The lowest BCUT2D eigenvalue weighted by atomic mass is 10.0. The standard InChI is InChI=1S/C20H24N2O2/c1-14(2)22-19-11-16(5-6-17(19)12-24-13-20(22)23)15-7-9-18(10-8-15)21(3)4/h5-11,14H,12-13H2,1-4H3. The SMILES string of the molecule is CC(C)N1C(=O)COCc2ccc(-c3ccc(N(C)C)cc3)cc21. The zero-order valence-electron chi connectivity index (χ0n) is 14.7. The number of ether oxygens (including phenoxy) is 1. The summed E-state index contributed by atoms with van der Waals surface area (Å²) >= 11 is 0. The second-order valence-corrected chi connectivity index (χ2v) is 6.64. The monoisotopic (exact) mass is 324 g/mol. The fraction of sp³-hybridized carbons (Fsp3) is 0.350. The summed E-state index contributed by atoms with van der Waals surface area (Å²) in [7, 11) is 4.06. The number of hydrogen-bond donors (Lipinski definition) is 0. The Morgan fingerprint density at radius 2 is 1.67 bits per heavy atom. The van der Waals surface area contributed by atoms with Crippen molar-refractivity contribution in [1.82, 2.24) is 0 Å². The Bertz CT molecular complexity index is 736. The smallest absolute Gasteiger partial charge is 0.253 e. The van der Waals surface area contributed by atoms with Crippen LogP contribution in [-0.4, -0.2) is 32.7 Å². The van der Waals surface area contributed by atoms with Crippen LogP contribution in [0.25, 0.3) is 11.1 Å². The van der Waals surface area contributed by atoms with Gasteiger partial charge in [0.25, 0.3) is 5.91 Å². The lowest BCUT2D eigenvalue weighted by Gasteiger charge is -2.27. The van der Waals surface area contributed by atoms with Gasteiger partial charge >= 0.3 is 0 Å². The Labute approximate surface area is 143 Å². The van der Waals surface area contributed by atoms with Crippen molar-refractivity contribution in [3.63, 3.8) is 0 Å². The van der Waals surface area contributed by atoms with Crippen LogP contribution in [0.3, 0.4) is 0 Å². The van der Waals surface area contributed by atoms with Gasteiger partial charge < -0.3 is 14.5 Å². The van der Waals surface area contributed by atoms with E-state index in [0.29, 0.717) is 6.61 Å². The van der Waals surface area contributed by atoms with Gasteiger partial charge in [-0.25, -0.2) is 0 Å². The Morgan fingerprint density at radius 3 is 2.29 bits per heavy atom. The third-order valence-electron chi connectivity index (χ3n) is 4.33. The lowest BCUT2D eigenvalue weighted by molar-refractivity contribution is -0.123. The highest BCUT2D eigenvalue weighted by atomic mass is 16.5. The Kier molecular flexibility index (Phi) is 4.58. The lowest BCUT2D eigenvalue weighted by Crippen LogP contribution is -2.38. The van der Waals surface area contributed by atoms with Crippen molar-refractivity contribution in [1.29, 1.82) is 0 Å². The summed E-state index contributed by atoms with van der Waals surface area (Å²) in [5.41, 5.74) is 5.44. The molecule has 0 fully saturated rings. The van der Waals surface area contributed by atoms with E-state index < -0.39 is 0 Å². The molecule has 24 heavy (non-hydrogen) atoms. The molecular weight excluding hydrogens is 300 g/mol. The highest BCUT2D eigenvalue weighted by Gasteiger charge is 2.25. The predicted molar refractivity (Wildman–Crippen MR) is 98.5 cm³/mol.